The van der Waals surface area contributed by atoms with E-state index in [1.807, 2.05) is 20.8 Å². The molecule has 1 aliphatic rings. The van der Waals surface area contributed by atoms with Crippen molar-refractivity contribution in [1.82, 2.24) is 10.3 Å². The van der Waals surface area contributed by atoms with Crippen molar-refractivity contribution < 1.29 is 13.9 Å². The molecule has 1 fully saturated rings. The smallest absolute Gasteiger partial charge is 0.407 e. The van der Waals surface area contributed by atoms with Gasteiger partial charge in [-0.2, -0.15) is 0 Å². The predicted molar refractivity (Wildman–Crippen MR) is 111 cm³/mol. The maximum absolute atomic E-state index is 13.8. The Morgan fingerprint density at radius 2 is 2.25 bits per heavy atom. The largest absolute Gasteiger partial charge is 0.444 e. The normalized spacial score (nSPS) is 16.9. The highest BCUT2D eigenvalue weighted by atomic mass is 35.5. The fourth-order valence-corrected chi connectivity index (χ4v) is 3.96. The number of thiazole rings is 1. The van der Waals surface area contributed by atoms with Gasteiger partial charge in [-0.05, 0) is 45.4 Å². The highest BCUT2D eigenvalue weighted by Crippen LogP contribution is 2.31. The molecular weight excluding hydrogens is 403 g/mol. The van der Waals surface area contributed by atoms with Crippen LogP contribution < -0.4 is 15.5 Å². The lowest BCUT2D eigenvalue weighted by molar-refractivity contribution is 0.0509. The lowest BCUT2D eigenvalue weighted by Crippen LogP contribution is -2.40. The first kappa shape index (κ1) is 20.7. The van der Waals surface area contributed by atoms with Crippen molar-refractivity contribution in [3.8, 4) is 0 Å². The summed E-state index contributed by atoms with van der Waals surface area (Å²) in [6, 6.07) is 4.66. The number of alkyl carbamates (subject to hydrolysis) is 1. The van der Waals surface area contributed by atoms with E-state index in [1.165, 1.54) is 23.5 Å². The number of nitrogens with zero attached hydrogens (tertiary/aromatic N) is 2. The molecule has 2 N–H and O–H groups in total. The molecule has 1 saturated heterocycles. The number of amides is 1. The van der Waals surface area contributed by atoms with Crippen LogP contribution in [0.25, 0.3) is 0 Å². The van der Waals surface area contributed by atoms with Crippen LogP contribution in [-0.4, -0.2) is 35.8 Å². The summed E-state index contributed by atoms with van der Waals surface area (Å²) in [6.45, 7) is 7.40. The Labute approximate surface area is 173 Å². The zero-order valence-corrected chi connectivity index (χ0v) is 17.7. The van der Waals surface area contributed by atoms with Gasteiger partial charge >= 0.3 is 6.09 Å². The second kappa shape index (κ2) is 8.53. The number of ether oxygens (including phenoxy) is 1. The van der Waals surface area contributed by atoms with E-state index < -0.39 is 11.7 Å². The third-order valence-electron chi connectivity index (χ3n) is 4.19. The van der Waals surface area contributed by atoms with Gasteiger partial charge in [0.05, 0.1) is 24.0 Å². The number of carbonyl (C=O) groups is 1. The molecule has 3 rings (SSSR count). The van der Waals surface area contributed by atoms with Crippen LogP contribution in [0.1, 0.15) is 32.1 Å². The summed E-state index contributed by atoms with van der Waals surface area (Å²) >= 11 is 7.25. The minimum atomic E-state index is -0.532. The van der Waals surface area contributed by atoms with Crippen LogP contribution in [0.3, 0.4) is 0 Å². The highest BCUT2D eigenvalue weighted by molar-refractivity contribution is 7.15. The molecule has 1 unspecified atom stereocenters. The van der Waals surface area contributed by atoms with Crippen molar-refractivity contribution >= 4 is 40.4 Å². The summed E-state index contributed by atoms with van der Waals surface area (Å²) in [5.74, 6) is -0.309. The van der Waals surface area contributed by atoms with Crippen LogP contribution in [0.15, 0.2) is 24.4 Å². The van der Waals surface area contributed by atoms with Crippen molar-refractivity contribution in [3.63, 3.8) is 0 Å². The van der Waals surface area contributed by atoms with Crippen LogP contribution in [0.2, 0.25) is 4.47 Å². The number of halogens is 2. The van der Waals surface area contributed by atoms with Crippen molar-refractivity contribution in [3.05, 3.63) is 39.6 Å². The zero-order valence-electron chi connectivity index (χ0n) is 16.1. The minimum absolute atomic E-state index is 0.0203. The predicted octanol–water partition coefficient (Wildman–Crippen LogP) is 4.65. The maximum Gasteiger partial charge on any atom is 0.407 e. The lowest BCUT2D eigenvalue weighted by Gasteiger charge is -2.24. The van der Waals surface area contributed by atoms with Gasteiger partial charge in [0.15, 0.2) is 4.47 Å². The lowest BCUT2D eigenvalue weighted by atomic mass is 10.2. The van der Waals surface area contributed by atoms with Crippen molar-refractivity contribution in [2.45, 2.75) is 45.4 Å². The van der Waals surface area contributed by atoms with Gasteiger partial charge in [0.25, 0.3) is 0 Å². The first-order valence-electron chi connectivity index (χ1n) is 9.08. The second-order valence-corrected chi connectivity index (χ2v) is 9.37. The van der Waals surface area contributed by atoms with E-state index in [9.17, 15) is 9.18 Å². The summed E-state index contributed by atoms with van der Waals surface area (Å²) in [4.78, 5) is 19.1. The fraction of sp³-hybridized carbons (Fsp3) is 0.474. The number of anilines is 2. The second-order valence-electron chi connectivity index (χ2n) is 7.67. The first-order chi connectivity index (χ1) is 13.2. The number of hydrogen-bond acceptors (Lipinski definition) is 6. The molecule has 0 spiro atoms. The van der Waals surface area contributed by atoms with Crippen LogP contribution >= 0.6 is 22.9 Å². The molecule has 2 heterocycles. The molecule has 1 aromatic carbocycles. The van der Waals surface area contributed by atoms with Gasteiger partial charge in [-0.3, -0.25) is 0 Å². The van der Waals surface area contributed by atoms with E-state index in [4.69, 9.17) is 16.3 Å². The van der Waals surface area contributed by atoms with E-state index in [2.05, 4.69) is 20.5 Å². The summed E-state index contributed by atoms with van der Waals surface area (Å²) in [5.41, 5.74) is 1.06. The fourth-order valence-electron chi connectivity index (χ4n) is 3.04. The molecule has 152 valence electrons. The molecule has 0 saturated carbocycles. The third kappa shape index (κ3) is 5.72. The summed E-state index contributed by atoms with van der Waals surface area (Å²) in [7, 11) is 0. The zero-order chi connectivity index (χ0) is 20.3. The number of hydrogen-bond donors (Lipinski definition) is 2. The van der Waals surface area contributed by atoms with Gasteiger partial charge in [0.1, 0.15) is 11.4 Å². The van der Waals surface area contributed by atoms with Crippen LogP contribution in [0, 0.1) is 5.82 Å². The first-order valence-corrected chi connectivity index (χ1v) is 10.3. The maximum atomic E-state index is 13.8. The molecule has 1 amide bonds. The number of benzene rings is 1. The highest BCUT2D eigenvalue weighted by Gasteiger charge is 2.27. The standard InChI is InChI=1S/C19H24ClFN4O2S/c1-19(2,3)27-18(26)24-13-6-7-25(11-13)16-5-4-12(21)8-15(16)22-9-14-10-23-17(20)28-14/h4-5,8,10,13,22H,6-7,9,11H2,1-3H3,(H,24,26). The number of aromatic nitrogens is 1. The Morgan fingerprint density at radius 3 is 2.93 bits per heavy atom. The molecule has 0 aliphatic carbocycles. The molecule has 0 bridgehead atoms. The van der Waals surface area contributed by atoms with Crippen LogP contribution in [0.4, 0.5) is 20.6 Å². The van der Waals surface area contributed by atoms with Gasteiger partial charge < -0.3 is 20.3 Å². The molecule has 1 atom stereocenters. The van der Waals surface area contributed by atoms with Crippen molar-refractivity contribution in [2.24, 2.45) is 0 Å². The van der Waals surface area contributed by atoms with Crippen molar-refractivity contribution in [2.75, 3.05) is 23.3 Å². The van der Waals surface area contributed by atoms with Gasteiger partial charge in [-0.15, -0.1) is 11.3 Å². The van der Waals surface area contributed by atoms with Crippen LogP contribution in [-0.2, 0) is 11.3 Å². The average Bonchev–Trinajstić information content (AvgIpc) is 3.20. The van der Waals surface area contributed by atoms with Gasteiger partial charge in [0.2, 0.25) is 0 Å². The van der Waals surface area contributed by atoms with Gasteiger partial charge in [-0.25, -0.2) is 14.2 Å². The Balaban J connectivity index is 1.64. The summed E-state index contributed by atoms with van der Waals surface area (Å²) < 4.78 is 19.6. The Kier molecular flexibility index (Phi) is 6.30. The number of nitrogens with one attached hydrogen (secondary N) is 2. The molecule has 9 heteroatoms. The molecule has 28 heavy (non-hydrogen) atoms. The molecule has 2 aromatic rings. The van der Waals surface area contributed by atoms with E-state index in [1.54, 1.807) is 12.3 Å². The quantitative estimate of drug-likeness (QED) is 0.728. The SMILES string of the molecule is CC(C)(C)OC(=O)NC1CCN(c2ccc(F)cc2NCc2cnc(Cl)s2)C1. The molecule has 1 aromatic heterocycles. The Hall–Kier alpha value is -2.06. The molecule has 6 nitrogen and oxygen atoms in total. The van der Waals surface area contributed by atoms with Gasteiger partial charge in [-0.1, -0.05) is 11.6 Å². The average molecular weight is 427 g/mol. The summed E-state index contributed by atoms with van der Waals surface area (Å²) in [6.07, 6.45) is 2.08. The van der Waals surface area contributed by atoms with Crippen LogP contribution in [0.5, 0.6) is 0 Å². The van der Waals surface area contributed by atoms with E-state index in [-0.39, 0.29) is 11.9 Å². The third-order valence-corrected chi connectivity index (χ3v) is 5.30. The Morgan fingerprint density at radius 1 is 1.46 bits per heavy atom. The van der Waals surface area contributed by atoms with E-state index >= 15 is 0 Å². The molecular formula is C19H24ClFN4O2S. The Bertz CT molecular complexity index is 840. The number of rotatable bonds is 5. The minimum Gasteiger partial charge on any atom is -0.444 e. The molecule has 0 radical (unpaired) electrons. The monoisotopic (exact) mass is 426 g/mol. The topological polar surface area (TPSA) is 66.5 Å². The van der Waals surface area contributed by atoms with E-state index in [0.717, 1.165) is 23.5 Å². The molecule has 1 aliphatic heterocycles. The number of carbonyl (C=O) groups excluding carboxylic acids is 1. The van der Waals surface area contributed by atoms with Crippen molar-refractivity contribution in [1.29, 1.82) is 0 Å². The summed E-state index contributed by atoms with van der Waals surface area (Å²) in [5, 5.41) is 6.17. The van der Waals surface area contributed by atoms with Gasteiger partial charge in [0, 0.05) is 24.2 Å². The van der Waals surface area contributed by atoms with E-state index in [0.29, 0.717) is 23.2 Å².